The molecule has 0 N–H and O–H groups in total. The highest BCUT2D eigenvalue weighted by Gasteiger charge is 2.26. The Labute approximate surface area is 133 Å². The molecule has 6 heteroatoms. The Kier molecular flexibility index (Phi) is 3.83. The summed E-state index contributed by atoms with van der Waals surface area (Å²) in [4.78, 5) is 15.1. The van der Waals surface area contributed by atoms with Gasteiger partial charge < -0.3 is 4.90 Å². The maximum Gasteiger partial charge on any atom is 0.145 e. The Morgan fingerprint density at radius 3 is 2.67 bits per heavy atom. The zero-order chi connectivity index (χ0) is 14.2. The van der Waals surface area contributed by atoms with Crippen LogP contribution in [0.3, 0.4) is 0 Å². The SMILES string of the molecule is Clc1nc(CN2CCN(CC3CC3)CC2)nc2sccc12. The zero-order valence-corrected chi connectivity index (χ0v) is 13.5. The third-order valence-electron chi connectivity index (χ3n) is 4.37. The molecule has 4 rings (SSSR count). The van der Waals surface area contributed by atoms with Crippen LogP contribution < -0.4 is 0 Å². The molecule has 0 radical (unpaired) electrons. The first-order valence-electron chi connectivity index (χ1n) is 7.62. The summed E-state index contributed by atoms with van der Waals surface area (Å²) in [6, 6.07) is 1.99. The van der Waals surface area contributed by atoms with E-state index in [2.05, 4.69) is 19.8 Å². The molecule has 4 nitrogen and oxygen atoms in total. The molecule has 0 amide bonds. The summed E-state index contributed by atoms with van der Waals surface area (Å²) in [5.41, 5.74) is 0. The van der Waals surface area contributed by atoms with Crippen molar-refractivity contribution in [2.75, 3.05) is 32.7 Å². The average Bonchev–Trinajstić information content (AvgIpc) is 3.15. The standard InChI is InChI=1S/C15H19ClN4S/c16-14-12-3-8-21-15(12)18-13(17-14)10-20-6-4-19(5-7-20)9-11-1-2-11/h3,8,11H,1-2,4-7,9-10H2. The van der Waals surface area contributed by atoms with Crippen LogP contribution in [-0.4, -0.2) is 52.5 Å². The number of nitrogens with zero attached hydrogens (tertiary/aromatic N) is 4. The molecule has 2 aliphatic rings. The van der Waals surface area contributed by atoms with Crippen LogP contribution >= 0.6 is 22.9 Å². The van der Waals surface area contributed by atoms with E-state index in [1.807, 2.05) is 11.4 Å². The van der Waals surface area contributed by atoms with Crippen LogP contribution in [0, 0.1) is 5.92 Å². The van der Waals surface area contributed by atoms with Crippen LogP contribution in [-0.2, 0) is 6.54 Å². The number of aromatic nitrogens is 2. The zero-order valence-electron chi connectivity index (χ0n) is 12.0. The van der Waals surface area contributed by atoms with Crippen LogP contribution in [0.2, 0.25) is 5.15 Å². The first kappa shape index (κ1) is 13.9. The van der Waals surface area contributed by atoms with Crippen molar-refractivity contribution in [3.05, 3.63) is 22.4 Å². The topological polar surface area (TPSA) is 32.3 Å². The minimum absolute atomic E-state index is 0.587. The van der Waals surface area contributed by atoms with Gasteiger partial charge in [0, 0.05) is 38.1 Å². The molecular formula is C15H19ClN4S. The summed E-state index contributed by atoms with van der Waals surface area (Å²) in [7, 11) is 0. The molecule has 1 saturated heterocycles. The summed E-state index contributed by atoms with van der Waals surface area (Å²) in [5.74, 6) is 1.84. The van der Waals surface area contributed by atoms with Gasteiger partial charge in [0.05, 0.1) is 6.54 Å². The molecule has 1 aliphatic heterocycles. The Morgan fingerprint density at radius 2 is 1.90 bits per heavy atom. The number of halogens is 1. The highest BCUT2D eigenvalue weighted by atomic mass is 35.5. The first-order valence-corrected chi connectivity index (χ1v) is 8.88. The lowest BCUT2D eigenvalue weighted by molar-refractivity contribution is 0.121. The Hall–Kier alpha value is -0.750. The van der Waals surface area contributed by atoms with E-state index in [9.17, 15) is 0 Å². The molecular weight excluding hydrogens is 304 g/mol. The van der Waals surface area contributed by atoms with E-state index in [0.29, 0.717) is 5.15 Å². The minimum Gasteiger partial charge on any atom is -0.301 e. The van der Waals surface area contributed by atoms with Gasteiger partial charge in [0.15, 0.2) is 0 Å². The summed E-state index contributed by atoms with van der Waals surface area (Å²) in [6.07, 6.45) is 2.88. The lowest BCUT2D eigenvalue weighted by Crippen LogP contribution is -2.46. The van der Waals surface area contributed by atoms with E-state index in [0.717, 1.165) is 41.6 Å². The van der Waals surface area contributed by atoms with Crippen molar-refractivity contribution in [2.45, 2.75) is 19.4 Å². The second-order valence-corrected chi connectivity index (χ2v) is 7.34. The van der Waals surface area contributed by atoms with E-state index in [1.54, 1.807) is 11.3 Å². The predicted octanol–water partition coefficient (Wildman–Crippen LogP) is 2.87. The number of piperazine rings is 1. The highest BCUT2D eigenvalue weighted by Crippen LogP contribution is 2.30. The fourth-order valence-corrected chi connectivity index (χ4v) is 4.02. The molecule has 2 fully saturated rings. The van der Waals surface area contributed by atoms with Gasteiger partial charge in [-0.25, -0.2) is 9.97 Å². The molecule has 21 heavy (non-hydrogen) atoms. The molecule has 2 aromatic heterocycles. The highest BCUT2D eigenvalue weighted by molar-refractivity contribution is 7.16. The van der Waals surface area contributed by atoms with Crippen molar-refractivity contribution in [3.63, 3.8) is 0 Å². The van der Waals surface area contributed by atoms with Crippen LogP contribution in [0.1, 0.15) is 18.7 Å². The van der Waals surface area contributed by atoms with E-state index >= 15 is 0 Å². The summed E-state index contributed by atoms with van der Waals surface area (Å²) in [5, 5.41) is 3.58. The minimum atomic E-state index is 0.587. The largest absolute Gasteiger partial charge is 0.301 e. The quantitative estimate of drug-likeness (QED) is 0.810. The second-order valence-electron chi connectivity index (χ2n) is 6.09. The van der Waals surface area contributed by atoms with Crippen molar-refractivity contribution in [3.8, 4) is 0 Å². The number of thiophene rings is 1. The average molecular weight is 323 g/mol. The first-order chi connectivity index (χ1) is 10.3. The van der Waals surface area contributed by atoms with Crippen molar-refractivity contribution >= 4 is 33.2 Å². The molecule has 0 unspecified atom stereocenters. The summed E-state index contributed by atoms with van der Waals surface area (Å²) in [6.45, 7) is 6.67. The lowest BCUT2D eigenvalue weighted by Gasteiger charge is -2.34. The summed E-state index contributed by atoms with van der Waals surface area (Å²) >= 11 is 7.87. The number of hydrogen-bond acceptors (Lipinski definition) is 5. The van der Waals surface area contributed by atoms with E-state index in [1.165, 1.54) is 32.5 Å². The molecule has 2 aromatic rings. The predicted molar refractivity (Wildman–Crippen MR) is 86.9 cm³/mol. The molecule has 1 aliphatic carbocycles. The number of hydrogen-bond donors (Lipinski definition) is 0. The Morgan fingerprint density at radius 1 is 1.14 bits per heavy atom. The molecule has 3 heterocycles. The maximum absolute atomic E-state index is 6.24. The van der Waals surface area contributed by atoms with Gasteiger partial charge >= 0.3 is 0 Å². The molecule has 0 bridgehead atoms. The van der Waals surface area contributed by atoms with Crippen molar-refractivity contribution < 1.29 is 0 Å². The van der Waals surface area contributed by atoms with Crippen LogP contribution in [0.5, 0.6) is 0 Å². The fraction of sp³-hybridized carbons (Fsp3) is 0.600. The molecule has 0 atom stereocenters. The lowest BCUT2D eigenvalue weighted by atomic mass is 10.2. The smallest absolute Gasteiger partial charge is 0.145 e. The Bertz CT molecular complexity index is 632. The number of rotatable bonds is 4. The van der Waals surface area contributed by atoms with Crippen LogP contribution in [0.4, 0.5) is 0 Å². The second kappa shape index (κ2) is 5.80. The van der Waals surface area contributed by atoms with Crippen molar-refractivity contribution in [1.82, 2.24) is 19.8 Å². The normalized spacial score (nSPS) is 21.2. The van der Waals surface area contributed by atoms with Gasteiger partial charge in [-0.2, -0.15) is 0 Å². The van der Waals surface area contributed by atoms with Gasteiger partial charge in [0.2, 0.25) is 0 Å². The number of fused-ring (bicyclic) bond motifs is 1. The van der Waals surface area contributed by atoms with E-state index in [-0.39, 0.29) is 0 Å². The Balaban J connectivity index is 1.38. The third-order valence-corrected chi connectivity index (χ3v) is 5.46. The van der Waals surface area contributed by atoms with Gasteiger partial charge in [-0.3, -0.25) is 4.90 Å². The van der Waals surface area contributed by atoms with Gasteiger partial charge in [-0.05, 0) is 30.2 Å². The van der Waals surface area contributed by atoms with Gasteiger partial charge in [-0.1, -0.05) is 11.6 Å². The van der Waals surface area contributed by atoms with Gasteiger partial charge in [0.1, 0.15) is 15.8 Å². The maximum atomic E-state index is 6.24. The van der Waals surface area contributed by atoms with E-state index in [4.69, 9.17) is 11.6 Å². The molecule has 1 saturated carbocycles. The molecule has 0 aromatic carbocycles. The molecule has 0 spiro atoms. The van der Waals surface area contributed by atoms with Crippen LogP contribution in [0.15, 0.2) is 11.4 Å². The molecule has 112 valence electrons. The van der Waals surface area contributed by atoms with Crippen molar-refractivity contribution in [2.24, 2.45) is 5.92 Å². The van der Waals surface area contributed by atoms with Crippen molar-refractivity contribution in [1.29, 1.82) is 0 Å². The monoisotopic (exact) mass is 322 g/mol. The fourth-order valence-electron chi connectivity index (χ4n) is 2.93. The summed E-state index contributed by atoms with van der Waals surface area (Å²) < 4.78 is 0. The van der Waals surface area contributed by atoms with Crippen LogP contribution in [0.25, 0.3) is 10.2 Å². The van der Waals surface area contributed by atoms with Gasteiger partial charge in [0.25, 0.3) is 0 Å². The third kappa shape index (κ3) is 3.21. The van der Waals surface area contributed by atoms with Gasteiger partial charge in [-0.15, -0.1) is 11.3 Å². The van der Waals surface area contributed by atoms with E-state index < -0.39 is 0 Å².